The first-order valence-electron chi connectivity index (χ1n) is 8.62. The van der Waals surface area contributed by atoms with Gasteiger partial charge in [-0.2, -0.15) is 0 Å². The Morgan fingerprint density at radius 1 is 1.00 bits per heavy atom. The summed E-state index contributed by atoms with van der Waals surface area (Å²) in [4.78, 5) is 0. The minimum Gasteiger partial charge on any atom is -0.379 e. The van der Waals surface area contributed by atoms with Gasteiger partial charge in [0.1, 0.15) is 6.10 Å². The van der Waals surface area contributed by atoms with Gasteiger partial charge >= 0.3 is 0 Å². The van der Waals surface area contributed by atoms with Gasteiger partial charge in [0.25, 0.3) is 0 Å². The average molecular weight is 363 g/mol. The molecule has 1 atom stereocenters. The number of hydrogen-bond donors (Lipinski definition) is 1. The van der Waals surface area contributed by atoms with E-state index in [1.165, 1.54) is 16.7 Å². The molecule has 2 aromatic rings. The van der Waals surface area contributed by atoms with Crippen molar-refractivity contribution >= 4 is 12.4 Å². The zero-order valence-corrected chi connectivity index (χ0v) is 15.5. The number of nitrogens with zero attached hydrogens (tertiary/aromatic N) is 1. The predicted molar refractivity (Wildman–Crippen MR) is 103 cm³/mol. The van der Waals surface area contributed by atoms with E-state index in [1.807, 2.05) is 6.07 Å². The molecular weight excluding hydrogens is 336 g/mol. The smallest absolute Gasteiger partial charge is 0.108 e. The summed E-state index contributed by atoms with van der Waals surface area (Å²) in [6.07, 6.45) is -0.0294. The number of halogens is 1. The highest BCUT2D eigenvalue weighted by molar-refractivity contribution is 5.85. The lowest BCUT2D eigenvalue weighted by atomic mass is 10.0. The first-order valence-corrected chi connectivity index (χ1v) is 8.62. The van der Waals surface area contributed by atoms with Crippen molar-refractivity contribution in [1.82, 2.24) is 10.4 Å². The largest absolute Gasteiger partial charge is 0.379 e. The molecular formula is C20H27ClN2O2. The van der Waals surface area contributed by atoms with Crippen LogP contribution in [-0.4, -0.2) is 44.5 Å². The zero-order chi connectivity index (χ0) is 16.6. The highest BCUT2D eigenvalue weighted by atomic mass is 35.5. The molecule has 0 aromatic heterocycles. The van der Waals surface area contributed by atoms with E-state index >= 15 is 0 Å². The summed E-state index contributed by atoms with van der Waals surface area (Å²) in [7, 11) is 0. The van der Waals surface area contributed by atoms with Crippen molar-refractivity contribution < 1.29 is 9.47 Å². The van der Waals surface area contributed by atoms with Crippen LogP contribution in [0.3, 0.4) is 0 Å². The molecule has 1 heterocycles. The molecule has 1 aliphatic heterocycles. The number of benzene rings is 2. The molecule has 1 fully saturated rings. The third kappa shape index (κ3) is 6.10. The normalized spacial score (nSPS) is 16.2. The maximum absolute atomic E-state index is 6.22. The van der Waals surface area contributed by atoms with Crippen LogP contribution in [0.1, 0.15) is 22.8 Å². The van der Waals surface area contributed by atoms with Crippen LogP contribution in [0.25, 0.3) is 0 Å². The molecule has 1 saturated heterocycles. The highest BCUT2D eigenvalue weighted by Crippen LogP contribution is 2.26. The van der Waals surface area contributed by atoms with Gasteiger partial charge in [-0.15, -0.1) is 12.4 Å². The number of rotatable bonds is 7. The lowest BCUT2D eigenvalue weighted by Crippen LogP contribution is -2.46. The standard InChI is InChI=1S/C20H26N2O2.ClH/c1-17-7-9-19(10-8-17)20(18-5-3-2-4-6-18)24-14-11-21-22-12-15-23-16-13-22;/h2-10,20-21H,11-16H2,1H3;1H. The Labute approximate surface area is 156 Å². The van der Waals surface area contributed by atoms with Crippen molar-refractivity contribution in [3.8, 4) is 0 Å². The Bertz CT molecular complexity index is 601. The van der Waals surface area contributed by atoms with Crippen LogP contribution in [0.2, 0.25) is 0 Å². The summed E-state index contributed by atoms with van der Waals surface area (Å²) in [5.41, 5.74) is 7.06. The molecule has 0 saturated carbocycles. The molecule has 5 heteroatoms. The Morgan fingerprint density at radius 2 is 1.64 bits per heavy atom. The van der Waals surface area contributed by atoms with Gasteiger partial charge in [-0.3, -0.25) is 5.43 Å². The maximum atomic E-state index is 6.22. The minimum atomic E-state index is -0.0294. The Morgan fingerprint density at radius 3 is 2.32 bits per heavy atom. The van der Waals surface area contributed by atoms with Crippen LogP contribution in [-0.2, 0) is 9.47 Å². The van der Waals surface area contributed by atoms with Crippen molar-refractivity contribution in [3.63, 3.8) is 0 Å². The zero-order valence-electron chi connectivity index (χ0n) is 14.7. The van der Waals surface area contributed by atoms with Gasteiger partial charge in [0, 0.05) is 19.6 Å². The van der Waals surface area contributed by atoms with Gasteiger partial charge in [0.15, 0.2) is 0 Å². The van der Waals surface area contributed by atoms with E-state index in [9.17, 15) is 0 Å². The summed E-state index contributed by atoms with van der Waals surface area (Å²) in [5.74, 6) is 0. The van der Waals surface area contributed by atoms with Gasteiger partial charge in [-0.1, -0.05) is 60.2 Å². The van der Waals surface area contributed by atoms with Gasteiger partial charge in [-0.25, -0.2) is 5.01 Å². The Hall–Kier alpha value is -1.43. The number of aryl methyl sites for hydroxylation is 1. The van der Waals surface area contributed by atoms with E-state index in [4.69, 9.17) is 9.47 Å². The summed E-state index contributed by atoms with van der Waals surface area (Å²) in [6, 6.07) is 19.0. The molecule has 0 amide bonds. The summed E-state index contributed by atoms with van der Waals surface area (Å²) in [6.45, 7) is 7.02. The second-order valence-corrected chi connectivity index (χ2v) is 6.08. The van der Waals surface area contributed by atoms with E-state index < -0.39 is 0 Å². The maximum Gasteiger partial charge on any atom is 0.108 e. The van der Waals surface area contributed by atoms with E-state index in [1.54, 1.807) is 0 Å². The monoisotopic (exact) mass is 362 g/mol. The predicted octanol–water partition coefficient (Wildman–Crippen LogP) is 3.36. The molecule has 4 nitrogen and oxygen atoms in total. The van der Waals surface area contributed by atoms with E-state index in [0.29, 0.717) is 6.61 Å². The van der Waals surface area contributed by atoms with Crippen LogP contribution in [0, 0.1) is 6.92 Å². The molecule has 1 unspecified atom stereocenters. The molecule has 25 heavy (non-hydrogen) atoms. The van der Waals surface area contributed by atoms with Crippen molar-refractivity contribution in [2.24, 2.45) is 0 Å². The minimum absolute atomic E-state index is 0. The van der Waals surface area contributed by atoms with Gasteiger partial charge < -0.3 is 9.47 Å². The van der Waals surface area contributed by atoms with E-state index in [0.717, 1.165) is 32.8 Å². The van der Waals surface area contributed by atoms with Gasteiger partial charge in [0.05, 0.1) is 19.8 Å². The van der Waals surface area contributed by atoms with Crippen LogP contribution < -0.4 is 5.43 Å². The van der Waals surface area contributed by atoms with Crippen LogP contribution >= 0.6 is 12.4 Å². The fourth-order valence-electron chi connectivity index (χ4n) is 2.86. The SMILES string of the molecule is Cc1ccc(C(OCCNN2CCOCC2)c2ccccc2)cc1.Cl. The third-order valence-electron chi connectivity index (χ3n) is 4.22. The number of nitrogens with one attached hydrogen (secondary N) is 1. The molecule has 0 bridgehead atoms. The molecule has 0 aliphatic carbocycles. The quantitative estimate of drug-likeness (QED) is 0.766. The van der Waals surface area contributed by atoms with Crippen molar-refractivity contribution in [2.75, 3.05) is 39.5 Å². The molecule has 1 aliphatic rings. The Balaban J connectivity index is 0.00000225. The van der Waals surface area contributed by atoms with Gasteiger partial charge in [-0.05, 0) is 18.1 Å². The highest BCUT2D eigenvalue weighted by Gasteiger charge is 2.15. The Kier molecular flexibility index (Phi) is 8.38. The average Bonchev–Trinajstić information content (AvgIpc) is 2.64. The molecule has 2 aromatic carbocycles. The molecule has 0 spiro atoms. The van der Waals surface area contributed by atoms with E-state index in [-0.39, 0.29) is 18.5 Å². The van der Waals surface area contributed by atoms with Gasteiger partial charge in [0.2, 0.25) is 0 Å². The summed E-state index contributed by atoms with van der Waals surface area (Å²) >= 11 is 0. The van der Waals surface area contributed by atoms with Crippen molar-refractivity contribution in [2.45, 2.75) is 13.0 Å². The number of hydrogen-bond acceptors (Lipinski definition) is 4. The molecule has 1 N–H and O–H groups in total. The fourth-order valence-corrected chi connectivity index (χ4v) is 2.86. The topological polar surface area (TPSA) is 33.7 Å². The second kappa shape index (κ2) is 10.5. The second-order valence-electron chi connectivity index (χ2n) is 6.08. The fraction of sp³-hybridized carbons (Fsp3) is 0.400. The van der Waals surface area contributed by atoms with Crippen molar-refractivity contribution in [3.05, 3.63) is 71.3 Å². The molecule has 3 rings (SSSR count). The van der Waals surface area contributed by atoms with Crippen molar-refractivity contribution in [1.29, 1.82) is 0 Å². The first-order chi connectivity index (χ1) is 11.8. The first kappa shape index (κ1) is 19.9. The van der Waals surface area contributed by atoms with Crippen LogP contribution in [0.5, 0.6) is 0 Å². The lowest BCUT2D eigenvalue weighted by Gasteiger charge is -2.27. The number of hydrazine groups is 1. The number of morpholine rings is 1. The number of ether oxygens (including phenoxy) is 2. The molecule has 0 radical (unpaired) electrons. The van der Waals surface area contributed by atoms with E-state index in [2.05, 4.69) is 65.9 Å². The molecule has 136 valence electrons. The van der Waals surface area contributed by atoms with Crippen LogP contribution in [0.4, 0.5) is 0 Å². The summed E-state index contributed by atoms with van der Waals surface area (Å²) in [5, 5.41) is 2.20. The van der Waals surface area contributed by atoms with Crippen LogP contribution in [0.15, 0.2) is 54.6 Å². The lowest BCUT2D eigenvalue weighted by molar-refractivity contribution is 0.00180. The third-order valence-corrected chi connectivity index (χ3v) is 4.22. The summed E-state index contributed by atoms with van der Waals surface area (Å²) < 4.78 is 11.6.